The number of rotatable bonds is 10. The summed E-state index contributed by atoms with van der Waals surface area (Å²) >= 11 is 0. The Morgan fingerprint density at radius 2 is 2.00 bits per heavy atom. The highest BCUT2D eigenvalue weighted by Crippen LogP contribution is 2.19. The molecule has 4 heterocycles. The van der Waals surface area contributed by atoms with Gasteiger partial charge in [-0.05, 0) is 55.6 Å². The Bertz CT molecular complexity index is 1190. The van der Waals surface area contributed by atoms with Crippen molar-refractivity contribution in [3.05, 3.63) is 80.3 Å². The average Bonchev–Trinajstić information content (AvgIpc) is 2.84. The zero-order valence-electron chi connectivity index (χ0n) is 19.5. The van der Waals surface area contributed by atoms with E-state index in [9.17, 15) is 9.59 Å². The van der Waals surface area contributed by atoms with Crippen molar-refractivity contribution < 1.29 is 4.74 Å². The molecule has 3 aromatic heterocycles. The fraction of sp³-hybridized carbons (Fsp3) is 0.440. The fourth-order valence-electron chi connectivity index (χ4n) is 4.17. The van der Waals surface area contributed by atoms with Crippen LogP contribution < -0.4 is 21.2 Å². The van der Waals surface area contributed by atoms with Crippen LogP contribution in [0.2, 0.25) is 0 Å². The van der Waals surface area contributed by atoms with Crippen LogP contribution in [0.5, 0.6) is 5.88 Å². The third kappa shape index (κ3) is 6.54. The van der Waals surface area contributed by atoms with Gasteiger partial charge in [0.05, 0.1) is 6.61 Å². The second kappa shape index (κ2) is 11.6. The number of ether oxygens (including phenoxy) is 1. The average molecular weight is 465 g/mol. The number of pyridine rings is 2. The van der Waals surface area contributed by atoms with E-state index in [1.165, 1.54) is 30.9 Å². The molecule has 0 aromatic carbocycles. The number of aromatic nitrogens is 4. The third-order valence-electron chi connectivity index (χ3n) is 6.11. The van der Waals surface area contributed by atoms with Crippen LogP contribution in [0.15, 0.2) is 52.4 Å². The van der Waals surface area contributed by atoms with E-state index in [0.29, 0.717) is 30.5 Å². The molecule has 0 amide bonds. The zero-order chi connectivity index (χ0) is 23.8. The lowest BCUT2D eigenvalue weighted by atomic mass is 9.96. The lowest BCUT2D eigenvalue weighted by Crippen LogP contribution is -2.29. The maximum Gasteiger partial charge on any atom is 0.256 e. The molecule has 1 saturated heterocycles. The molecule has 34 heavy (non-hydrogen) atoms. The maximum atomic E-state index is 12.5. The largest absolute Gasteiger partial charge is 0.478 e. The summed E-state index contributed by atoms with van der Waals surface area (Å²) in [4.78, 5) is 40.5. The topological polar surface area (TPSA) is 116 Å². The minimum atomic E-state index is -0.237. The summed E-state index contributed by atoms with van der Waals surface area (Å²) in [5.41, 5.74) is 2.08. The van der Waals surface area contributed by atoms with E-state index >= 15 is 0 Å². The molecule has 3 N–H and O–H groups in total. The van der Waals surface area contributed by atoms with Gasteiger partial charge in [0, 0.05) is 55.3 Å². The first kappa shape index (κ1) is 23.7. The first-order chi connectivity index (χ1) is 16.6. The predicted octanol–water partition coefficient (Wildman–Crippen LogP) is 2.87. The van der Waals surface area contributed by atoms with Gasteiger partial charge in [-0.2, -0.15) is 0 Å². The molecule has 0 spiro atoms. The van der Waals surface area contributed by atoms with Crippen LogP contribution in [-0.2, 0) is 6.54 Å². The molecule has 180 valence electrons. The molecule has 1 unspecified atom stereocenters. The van der Waals surface area contributed by atoms with E-state index < -0.39 is 0 Å². The van der Waals surface area contributed by atoms with Crippen LogP contribution in [0.4, 0.5) is 5.95 Å². The van der Waals surface area contributed by atoms with Gasteiger partial charge in [-0.15, -0.1) is 0 Å². The summed E-state index contributed by atoms with van der Waals surface area (Å²) in [6.45, 7) is 6.24. The normalized spacial score (nSPS) is 15.1. The summed E-state index contributed by atoms with van der Waals surface area (Å²) < 4.78 is 5.82. The molecular weight excluding hydrogens is 432 g/mol. The van der Waals surface area contributed by atoms with Crippen LogP contribution >= 0.6 is 0 Å². The van der Waals surface area contributed by atoms with Gasteiger partial charge < -0.3 is 15.0 Å². The molecule has 9 nitrogen and oxygen atoms in total. The molecular formula is C25H32N6O3. The first-order valence-electron chi connectivity index (χ1n) is 11.9. The second-order valence-electron chi connectivity index (χ2n) is 8.69. The van der Waals surface area contributed by atoms with Crippen molar-refractivity contribution in [2.75, 3.05) is 31.6 Å². The van der Waals surface area contributed by atoms with Crippen LogP contribution in [0, 0.1) is 0 Å². The van der Waals surface area contributed by atoms with E-state index in [1.807, 2.05) is 19.1 Å². The van der Waals surface area contributed by atoms with Crippen molar-refractivity contribution in [1.82, 2.24) is 24.8 Å². The molecule has 1 aliphatic heterocycles. The van der Waals surface area contributed by atoms with Gasteiger partial charge in [-0.3, -0.25) is 19.5 Å². The number of H-pyrrole nitrogens is 2. The van der Waals surface area contributed by atoms with Gasteiger partial charge in [0.25, 0.3) is 5.56 Å². The van der Waals surface area contributed by atoms with Crippen LogP contribution in [-0.4, -0.2) is 51.1 Å². The highest BCUT2D eigenvalue weighted by Gasteiger charge is 2.14. The molecule has 9 heteroatoms. The maximum absolute atomic E-state index is 12.5. The van der Waals surface area contributed by atoms with Crippen LogP contribution in [0.3, 0.4) is 0 Å². The Balaban J connectivity index is 1.23. The number of hydrogen-bond acceptors (Lipinski definition) is 7. The molecule has 0 aliphatic carbocycles. The molecule has 3 aromatic rings. The van der Waals surface area contributed by atoms with E-state index in [1.54, 1.807) is 24.7 Å². The number of nitrogens with one attached hydrogen (secondary N) is 3. The predicted molar refractivity (Wildman–Crippen MR) is 131 cm³/mol. The number of aromatic amines is 2. The minimum absolute atomic E-state index is 0.196. The Morgan fingerprint density at radius 1 is 1.15 bits per heavy atom. The van der Waals surface area contributed by atoms with Gasteiger partial charge in [-0.25, -0.2) is 9.97 Å². The fourth-order valence-corrected chi connectivity index (χ4v) is 4.17. The van der Waals surface area contributed by atoms with Gasteiger partial charge >= 0.3 is 0 Å². The molecule has 1 fully saturated rings. The summed E-state index contributed by atoms with van der Waals surface area (Å²) in [7, 11) is 0. The summed E-state index contributed by atoms with van der Waals surface area (Å²) in [6.07, 6.45) is 9.55. The van der Waals surface area contributed by atoms with Gasteiger partial charge in [0.2, 0.25) is 17.4 Å². The lowest BCUT2D eigenvalue weighted by Gasteiger charge is -2.26. The summed E-state index contributed by atoms with van der Waals surface area (Å²) in [5, 5.41) is 3.12. The molecule has 0 bridgehead atoms. The SMILES string of the molecule is CC(c1cc[nH]c(=O)c1)c1cnc(NCCCOc2cc(CN3CCCCC3)ccn2)[nH]c1=O. The first-order valence-corrected chi connectivity index (χ1v) is 11.9. The second-order valence-corrected chi connectivity index (χ2v) is 8.69. The highest BCUT2D eigenvalue weighted by molar-refractivity contribution is 5.31. The van der Waals surface area contributed by atoms with Crippen molar-refractivity contribution in [1.29, 1.82) is 0 Å². The third-order valence-corrected chi connectivity index (χ3v) is 6.11. The van der Waals surface area contributed by atoms with Crippen molar-refractivity contribution in [3.63, 3.8) is 0 Å². The van der Waals surface area contributed by atoms with Crippen LogP contribution in [0.1, 0.15) is 55.2 Å². The quantitative estimate of drug-likeness (QED) is 0.395. The lowest BCUT2D eigenvalue weighted by molar-refractivity contribution is 0.220. The number of nitrogens with zero attached hydrogens (tertiary/aromatic N) is 3. The monoisotopic (exact) mass is 464 g/mol. The smallest absolute Gasteiger partial charge is 0.256 e. The Labute approximate surface area is 198 Å². The Hall–Kier alpha value is -3.46. The summed E-state index contributed by atoms with van der Waals surface area (Å²) in [6, 6.07) is 7.34. The van der Waals surface area contributed by atoms with Crippen molar-refractivity contribution >= 4 is 5.95 Å². The van der Waals surface area contributed by atoms with E-state index in [2.05, 4.69) is 30.2 Å². The number of piperidine rings is 1. The van der Waals surface area contributed by atoms with Crippen molar-refractivity contribution in [2.24, 2.45) is 0 Å². The summed E-state index contributed by atoms with van der Waals surface area (Å²) in [5.74, 6) is 0.812. The minimum Gasteiger partial charge on any atom is -0.478 e. The van der Waals surface area contributed by atoms with Gasteiger partial charge in [-0.1, -0.05) is 13.3 Å². The van der Waals surface area contributed by atoms with E-state index in [0.717, 1.165) is 31.6 Å². The molecule has 1 atom stereocenters. The van der Waals surface area contributed by atoms with Crippen LogP contribution in [0.25, 0.3) is 0 Å². The zero-order valence-corrected chi connectivity index (χ0v) is 19.5. The molecule has 0 radical (unpaired) electrons. The number of likely N-dealkylation sites (tertiary alicyclic amines) is 1. The van der Waals surface area contributed by atoms with E-state index in [4.69, 9.17) is 4.74 Å². The van der Waals surface area contributed by atoms with E-state index in [-0.39, 0.29) is 17.0 Å². The van der Waals surface area contributed by atoms with Crippen molar-refractivity contribution in [3.8, 4) is 5.88 Å². The molecule has 0 saturated carbocycles. The van der Waals surface area contributed by atoms with Gasteiger partial charge in [0.15, 0.2) is 0 Å². The Kier molecular flexibility index (Phi) is 8.08. The van der Waals surface area contributed by atoms with Gasteiger partial charge in [0.1, 0.15) is 0 Å². The molecule has 1 aliphatic rings. The number of anilines is 1. The molecule has 4 rings (SSSR count). The van der Waals surface area contributed by atoms with Crippen molar-refractivity contribution in [2.45, 2.75) is 45.1 Å². The Morgan fingerprint density at radius 3 is 2.79 bits per heavy atom. The highest BCUT2D eigenvalue weighted by atomic mass is 16.5. The standard InChI is InChI=1S/C25H32N6O3/c1-18(20-7-10-26-22(32)15-20)21-16-29-25(30-24(21)33)28-8-5-13-34-23-14-19(6-9-27-23)17-31-11-3-2-4-12-31/h6-7,9-10,14-16,18H,2-5,8,11-13,17H2,1H3,(H,26,32)(H2,28,29,30,33). The number of hydrogen-bond donors (Lipinski definition) is 3.